The number of aryl methyl sites for hydroxylation is 1. The molecule has 4 rings (SSSR count). The van der Waals surface area contributed by atoms with Crippen molar-refractivity contribution in [2.24, 2.45) is 0 Å². The predicted molar refractivity (Wildman–Crippen MR) is 140 cm³/mol. The van der Waals surface area contributed by atoms with Gasteiger partial charge >= 0.3 is 5.97 Å². The van der Waals surface area contributed by atoms with Crippen LogP contribution in [-0.2, 0) is 0 Å². The largest absolute Gasteiger partial charge is 0.478 e. The lowest BCUT2D eigenvalue weighted by molar-refractivity contribution is 0.0698. The number of carboxylic acids is 1. The zero-order valence-electron chi connectivity index (χ0n) is 20.0. The molecule has 4 aromatic rings. The molecule has 0 aliphatic heterocycles. The molecule has 0 spiro atoms. The molecule has 0 fully saturated rings. The lowest BCUT2D eigenvalue weighted by atomic mass is 9.99. The Morgan fingerprint density at radius 2 is 1.77 bits per heavy atom. The van der Waals surface area contributed by atoms with Gasteiger partial charge in [0.05, 0.1) is 17.0 Å². The highest BCUT2D eigenvalue weighted by Crippen LogP contribution is 2.32. The smallest absolute Gasteiger partial charge is 0.337 e. The molecule has 7 nitrogen and oxygen atoms in total. The summed E-state index contributed by atoms with van der Waals surface area (Å²) >= 11 is 0. The van der Waals surface area contributed by atoms with Gasteiger partial charge in [0.25, 0.3) is 0 Å². The van der Waals surface area contributed by atoms with Crippen LogP contribution in [0.1, 0.15) is 46.9 Å². The highest BCUT2D eigenvalue weighted by Gasteiger charge is 2.19. The van der Waals surface area contributed by atoms with Crippen LogP contribution in [0, 0.1) is 12.3 Å². The van der Waals surface area contributed by atoms with Crippen LogP contribution in [0.3, 0.4) is 0 Å². The normalized spacial score (nSPS) is 11.8. The first kappa shape index (κ1) is 23.8. The van der Waals surface area contributed by atoms with Crippen molar-refractivity contribution in [3.05, 3.63) is 93.1 Å². The molecule has 0 bridgehead atoms. The van der Waals surface area contributed by atoms with Crippen molar-refractivity contribution in [1.29, 1.82) is 5.41 Å². The van der Waals surface area contributed by atoms with E-state index in [9.17, 15) is 14.7 Å². The minimum absolute atomic E-state index is 0.164. The zero-order valence-corrected chi connectivity index (χ0v) is 20.0. The number of nitrogens with one attached hydrogen (secondary N) is 3. The first-order valence-electron chi connectivity index (χ1n) is 11.2. The number of carboxylic acid groups (broad SMARTS) is 1. The van der Waals surface area contributed by atoms with Crippen molar-refractivity contribution in [1.82, 2.24) is 0 Å². The van der Waals surface area contributed by atoms with Crippen LogP contribution in [0.2, 0.25) is 0 Å². The maximum absolute atomic E-state index is 13.1. The third-order valence-electron chi connectivity index (χ3n) is 5.98. The van der Waals surface area contributed by atoms with E-state index in [0.29, 0.717) is 33.7 Å². The summed E-state index contributed by atoms with van der Waals surface area (Å²) in [4.78, 5) is 24.8. The molecule has 4 N–H and O–H groups in total. The van der Waals surface area contributed by atoms with Crippen molar-refractivity contribution in [2.45, 2.75) is 26.8 Å². The maximum atomic E-state index is 13.1. The lowest BCUT2D eigenvalue weighted by Gasteiger charge is -2.19. The van der Waals surface area contributed by atoms with Gasteiger partial charge in [0.1, 0.15) is 11.3 Å². The summed E-state index contributed by atoms with van der Waals surface area (Å²) in [6.45, 7) is 5.52. The van der Waals surface area contributed by atoms with E-state index >= 15 is 0 Å². The van der Waals surface area contributed by atoms with E-state index < -0.39 is 5.97 Å². The molecular formula is C28H27N3O4. The number of carbonyl (C=O) groups is 1. The summed E-state index contributed by atoms with van der Waals surface area (Å²) in [5.41, 5.74) is 5.17. The molecule has 1 unspecified atom stereocenters. The Morgan fingerprint density at radius 3 is 2.46 bits per heavy atom. The summed E-state index contributed by atoms with van der Waals surface area (Å²) < 4.78 is 6.31. The minimum atomic E-state index is -1.02. The molecule has 1 heterocycles. The van der Waals surface area contributed by atoms with Gasteiger partial charge in [0, 0.05) is 46.9 Å². The number of aromatic carboxylic acids is 1. The quantitative estimate of drug-likeness (QED) is 0.244. The van der Waals surface area contributed by atoms with E-state index in [4.69, 9.17) is 9.83 Å². The van der Waals surface area contributed by atoms with Crippen molar-refractivity contribution in [3.63, 3.8) is 0 Å². The molecule has 0 aliphatic rings. The van der Waals surface area contributed by atoms with E-state index in [-0.39, 0.29) is 17.0 Å². The number of rotatable bonds is 7. The second-order valence-electron chi connectivity index (χ2n) is 8.56. The van der Waals surface area contributed by atoms with E-state index in [2.05, 4.69) is 10.6 Å². The third-order valence-corrected chi connectivity index (χ3v) is 5.98. The monoisotopic (exact) mass is 469 g/mol. The summed E-state index contributed by atoms with van der Waals surface area (Å²) in [5.74, 6) is -0.624. The van der Waals surface area contributed by atoms with Gasteiger partial charge in [-0.05, 0) is 62.7 Å². The van der Waals surface area contributed by atoms with Crippen LogP contribution in [0.4, 0.5) is 11.4 Å². The Balaban J connectivity index is 1.86. The molecule has 1 aromatic heterocycles. The van der Waals surface area contributed by atoms with Crippen LogP contribution in [0.25, 0.3) is 22.3 Å². The van der Waals surface area contributed by atoms with Crippen molar-refractivity contribution in [2.75, 3.05) is 17.7 Å². The van der Waals surface area contributed by atoms with Crippen LogP contribution < -0.4 is 16.1 Å². The molecule has 178 valence electrons. The number of anilines is 2. The fraction of sp³-hybridized carbons (Fsp3) is 0.179. The molecular weight excluding hydrogens is 442 g/mol. The lowest BCUT2D eigenvalue weighted by Crippen LogP contribution is -2.12. The molecule has 0 radical (unpaired) electrons. The van der Waals surface area contributed by atoms with Crippen LogP contribution in [0.15, 0.2) is 69.9 Å². The van der Waals surface area contributed by atoms with Gasteiger partial charge in [-0.25, -0.2) is 4.79 Å². The predicted octanol–water partition coefficient (Wildman–Crippen LogP) is 6.07. The first-order chi connectivity index (χ1) is 16.7. The average molecular weight is 470 g/mol. The highest BCUT2D eigenvalue weighted by atomic mass is 16.4. The van der Waals surface area contributed by atoms with Gasteiger partial charge in [0.2, 0.25) is 0 Å². The average Bonchev–Trinajstić information content (AvgIpc) is 2.83. The van der Waals surface area contributed by atoms with Gasteiger partial charge in [-0.3, -0.25) is 4.79 Å². The van der Waals surface area contributed by atoms with E-state index in [1.807, 2.05) is 38.1 Å². The standard InChI is InChI=1S/C28H27N3O4/c1-15-11-21(17(3)31-24-8-6-5-7-19(24)28(33)34)27-22(12-15)25(32)14-26(35-27)18-9-10-23(30-4)20(13-18)16(2)29/h5-14,17,29-31H,1-4H3,(H,33,34). The zero-order chi connectivity index (χ0) is 25.3. The van der Waals surface area contributed by atoms with Gasteiger partial charge in [-0.1, -0.05) is 18.2 Å². The Morgan fingerprint density at radius 1 is 1.03 bits per heavy atom. The van der Waals surface area contributed by atoms with Gasteiger partial charge in [-0.2, -0.15) is 0 Å². The minimum Gasteiger partial charge on any atom is -0.478 e. The second kappa shape index (κ2) is 9.46. The maximum Gasteiger partial charge on any atom is 0.337 e. The summed E-state index contributed by atoms with van der Waals surface area (Å²) in [6, 6.07) is 17.1. The number of hydrogen-bond acceptors (Lipinski definition) is 6. The molecule has 0 saturated heterocycles. The van der Waals surface area contributed by atoms with Crippen LogP contribution in [-0.4, -0.2) is 23.8 Å². The fourth-order valence-corrected chi connectivity index (χ4v) is 4.23. The first-order valence-corrected chi connectivity index (χ1v) is 11.2. The number of fused-ring (bicyclic) bond motifs is 1. The van der Waals surface area contributed by atoms with E-state index in [0.717, 1.165) is 22.4 Å². The van der Waals surface area contributed by atoms with Crippen molar-refractivity contribution >= 4 is 34.0 Å². The second-order valence-corrected chi connectivity index (χ2v) is 8.56. The molecule has 0 saturated carbocycles. The topological polar surface area (TPSA) is 115 Å². The molecule has 3 aromatic carbocycles. The van der Waals surface area contributed by atoms with E-state index in [1.54, 1.807) is 44.3 Å². The third kappa shape index (κ3) is 4.66. The van der Waals surface area contributed by atoms with Crippen LogP contribution in [0.5, 0.6) is 0 Å². The summed E-state index contributed by atoms with van der Waals surface area (Å²) in [6.07, 6.45) is 0. The Hall–Kier alpha value is -4.39. The summed E-state index contributed by atoms with van der Waals surface area (Å²) in [7, 11) is 1.79. The SMILES string of the molecule is CNc1ccc(-c2cc(=O)c3cc(C)cc(C(C)Nc4ccccc4C(=O)O)c3o2)cc1C(C)=N. The molecule has 1 atom stereocenters. The molecule has 0 aliphatic carbocycles. The number of para-hydroxylation sites is 1. The summed E-state index contributed by atoms with van der Waals surface area (Å²) in [5, 5.41) is 24.4. The Kier molecular flexibility index (Phi) is 6.42. The van der Waals surface area contributed by atoms with Gasteiger partial charge < -0.3 is 25.6 Å². The Bertz CT molecular complexity index is 1520. The Labute approximate surface area is 202 Å². The van der Waals surface area contributed by atoms with Crippen molar-refractivity contribution in [3.8, 4) is 11.3 Å². The van der Waals surface area contributed by atoms with Crippen molar-refractivity contribution < 1.29 is 14.3 Å². The molecule has 7 heteroatoms. The van der Waals surface area contributed by atoms with E-state index in [1.165, 1.54) is 6.07 Å². The van der Waals surface area contributed by atoms with Gasteiger partial charge in [-0.15, -0.1) is 0 Å². The fourth-order valence-electron chi connectivity index (χ4n) is 4.23. The van der Waals surface area contributed by atoms with Crippen LogP contribution >= 0.6 is 0 Å². The highest BCUT2D eigenvalue weighted by molar-refractivity contribution is 6.02. The van der Waals surface area contributed by atoms with Gasteiger partial charge in [0.15, 0.2) is 5.43 Å². The number of benzene rings is 3. The molecule has 0 amide bonds. The molecule has 35 heavy (non-hydrogen) atoms. The number of hydrogen-bond donors (Lipinski definition) is 4.